The summed E-state index contributed by atoms with van der Waals surface area (Å²) in [7, 11) is -4.75. The minimum atomic E-state index is -4.75. The predicted molar refractivity (Wildman–Crippen MR) is 108 cm³/mol. The molecule has 0 spiro atoms. The van der Waals surface area contributed by atoms with E-state index in [9.17, 15) is 26.4 Å². The van der Waals surface area contributed by atoms with Gasteiger partial charge in [-0.15, -0.1) is 0 Å². The molecule has 1 amide bonds. The van der Waals surface area contributed by atoms with Crippen LogP contribution in [0.1, 0.15) is 22.0 Å². The van der Waals surface area contributed by atoms with Crippen molar-refractivity contribution in [1.82, 2.24) is 5.32 Å². The van der Waals surface area contributed by atoms with Gasteiger partial charge in [-0.3, -0.25) is 4.79 Å². The Kier molecular flexibility index (Phi) is 6.96. The highest BCUT2D eigenvalue weighted by molar-refractivity contribution is 7.91. The van der Waals surface area contributed by atoms with Gasteiger partial charge in [0.1, 0.15) is 6.61 Å². The Morgan fingerprint density at radius 1 is 0.903 bits per heavy atom. The monoisotopic (exact) mass is 449 g/mol. The van der Waals surface area contributed by atoms with Gasteiger partial charge in [0.15, 0.2) is 11.6 Å². The number of halogens is 3. The lowest BCUT2D eigenvalue weighted by Gasteiger charge is -2.20. The van der Waals surface area contributed by atoms with Gasteiger partial charge >= 0.3 is 5.76 Å². The maximum absolute atomic E-state index is 13.8. The number of carbonyl (C=O) groups is 1. The van der Waals surface area contributed by atoms with Crippen molar-refractivity contribution >= 4 is 15.7 Å². The van der Waals surface area contributed by atoms with Crippen molar-refractivity contribution in [3.05, 3.63) is 95.8 Å². The van der Waals surface area contributed by atoms with Gasteiger partial charge in [-0.05, 0) is 42.0 Å². The molecule has 31 heavy (non-hydrogen) atoms. The third kappa shape index (κ3) is 5.43. The highest BCUT2D eigenvalue weighted by atomic mass is 32.2. The second-order valence-corrected chi connectivity index (χ2v) is 8.43. The summed E-state index contributed by atoms with van der Waals surface area (Å²) < 4.78 is 67.7. The van der Waals surface area contributed by atoms with E-state index < -0.39 is 38.3 Å². The summed E-state index contributed by atoms with van der Waals surface area (Å²) >= 11 is 0. The summed E-state index contributed by atoms with van der Waals surface area (Å²) in [5, 5.41) is 2.74. The summed E-state index contributed by atoms with van der Waals surface area (Å²) in [5.41, 5.74) is 0.768. The van der Waals surface area contributed by atoms with E-state index in [1.165, 1.54) is 18.2 Å². The van der Waals surface area contributed by atoms with Crippen LogP contribution in [0.3, 0.4) is 0 Å². The fourth-order valence-electron chi connectivity index (χ4n) is 2.78. The number of hydrogen-bond donors (Lipinski definition) is 1. The highest BCUT2D eigenvalue weighted by Gasteiger charge is 2.26. The minimum Gasteiger partial charge on any atom is -0.488 e. The summed E-state index contributed by atoms with van der Waals surface area (Å²) in [6.45, 7) is -0.0749. The zero-order valence-corrected chi connectivity index (χ0v) is 16.9. The molecule has 0 aliphatic rings. The number of sulfone groups is 1. The number of ether oxygens (including phenoxy) is 1. The molecule has 3 aromatic rings. The molecule has 0 radical (unpaired) electrons. The van der Waals surface area contributed by atoms with Gasteiger partial charge in [0.2, 0.25) is 9.84 Å². The highest BCUT2D eigenvalue weighted by Crippen LogP contribution is 2.21. The standard InChI is InChI=1S/C22H18F3NO4S/c23-18-8-4-5-9-20(18)30-14-19(15-6-2-1-3-7-15)26-21(27)16-10-12-17(13-11-16)31(28,29)22(24)25/h1-13,19,22H,14H2,(H,26,27). The normalized spacial score (nSPS) is 12.4. The van der Waals surface area contributed by atoms with E-state index in [1.807, 2.05) is 0 Å². The number of hydrogen-bond acceptors (Lipinski definition) is 4. The molecule has 9 heteroatoms. The van der Waals surface area contributed by atoms with Gasteiger partial charge in [-0.25, -0.2) is 12.8 Å². The summed E-state index contributed by atoms with van der Waals surface area (Å²) in [6.07, 6.45) is 0. The average Bonchev–Trinajstić information content (AvgIpc) is 2.78. The molecule has 0 fully saturated rings. The van der Waals surface area contributed by atoms with E-state index in [-0.39, 0.29) is 17.9 Å². The topological polar surface area (TPSA) is 72.5 Å². The molecule has 1 N–H and O–H groups in total. The van der Waals surface area contributed by atoms with Gasteiger partial charge in [0, 0.05) is 5.56 Å². The second-order valence-electron chi connectivity index (χ2n) is 6.51. The summed E-state index contributed by atoms with van der Waals surface area (Å²) in [5.74, 6) is -4.65. The van der Waals surface area contributed by atoms with E-state index in [4.69, 9.17) is 4.74 Å². The van der Waals surface area contributed by atoms with Gasteiger partial charge < -0.3 is 10.1 Å². The third-order valence-electron chi connectivity index (χ3n) is 4.43. The minimum absolute atomic E-state index is 0.0271. The van der Waals surface area contributed by atoms with E-state index >= 15 is 0 Å². The van der Waals surface area contributed by atoms with Crippen molar-refractivity contribution in [2.45, 2.75) is 16.7 Å². The molecule has 162 valence electrons. The number of alkyl halides is 2. The van der Waals surface area contributed by atoms with Crippen LogP contribution in [0.25, 0.3) is 0 Å². The Balaban J connectivity index is 1.78. The lowest BCUT2D eigenvalue weighted by Crippen LogP contribution is -2.32. The predicted octanol–water partition coefficient (Wildman–Crippen LogP) is 4.37. The largest absolute Gasteiger partial charge is 0.488 e. The Morgan fingerprint density at radius 3 is 2.13 bits per heavy atom. The van der Waals surface area contributed by atoms with Crippen LogP contribution in [0.5, 0.6) is 5.75 Å². The van der Waals surface area contributed by atoms with Gasteiger partial charge in [0.25, 0.3) is 5.91 Å². The van der Waals surface area contributed by atoms with Crippen LogP contribution in [-0.4, -0.2) is 26.7 Å². The van der Waals surface area contributed by atoms with Crippen LogP contribution in [0.4, 0.5) is 13.2 Å². The molecule has 0 aliphatic carbocycles. The van der Waals surface area contributed by atoms with Crippen LogP contribution in [0.15, 0.2) is 83.8 Å². The first-order valence-corrected chi connectivity index (χ1v) is 10.7. The number of amides is 1. The van der Waals surface area contributed by atoms with E-state index in [0.717, 1.165) is 24.3 Å². The second kappa shape index (κ2) is 9.65. The molecule has 0 heterocycles. The number of para-hydroxylation sites is 1. The van der Waals surface area contributed by atoms with E-state index in [1.54, 1.807) is 36.4 Å². The van der Waals surface area contributed by atoms with Crippen LogP contribution in [0, 0.1) is 5.82 Å². The lowest BCUT2D eigenvalue weighted by molar-refractivity contribution is 0.0920. The molecular formula is C22H18F3NO4S. The molecule has 1 unspecified atom stereocenters. The molecule has 3 rings (SSSR count). The van der Waals surface area contributed by atoms with Crippen LogP contribution in [0.2, 0.25) is 0 Å². The number of benzene rings is 3. The molecular weight excluding hydrogens is 431 g/mol. The fraction of sp³-hybridized carbons (Fsp3) is 0.136. The van der Waals surface area contributed by atoms with Crippen molar-refractivity contribution in [2.24, 2.45) is 0 Å². The fourth-order valence-corrected chi connectivity index (χ4v) is 3.50. The van der Waals surface area contributed by atoms with E-state index in [0.29, 0.717) is 5.56 Å². The summed E-state index contributed by atoms with van der Waals surface area (Å²) in [4.78, 5) is 12.1. The average molecular weight is 449 g/mol. The molecule has 0 saturated heterocycles. The molecule has 3 aromatic carbocycles. The first-order valence-electron chi connectivity index (χ1n) is 9.14. The molecule has 0 aromatic heterocycles. The Labute approximate surface area is 177 Å². The van der Waals surface area contributed by atoms with Crippen molar-refractivity contribution < 1.29 is 31.1 Å². The molecule has 0 bridgehead atoms. The third-order valence-corrected chi connectivity index (χ3v) is 5.83. The van der Waals surface area contributed by atoms with Crippen LogP contribution in [-0.2, 0) is 9.84 Å². The number of nitrogens with one attached hydrogen (secondary N) is 1. The Morgan fingerprint density at radius 2 is 1.52 bits per heavy atom. The summed E-state index contributed by atoms with van der Waals surface area (Å²) in [6, 6.07) is 18.2. The van der Waals surface area contributed by atoms with Gasteiger partial charge in [0.05, 0.1) is 10.9 Å². The zero-order valence-electron chi connectivity index (χ0n) is 16.0. The number of rotatable bonds is 8. The maximum atomic E-state index is 13.8. The first kappa shape index (κ1) is 22.4. The first-order chi connectivity index (χ1) is 14.8. The lowest BCUT2D eigenvalue weighted by atomic mass is 10.1. The Hall–Kier alpha value is -3.33. The van der Waals surface area contributed by atoms with Crippen molar-refractivity contribution in [3.63, 3.8) is 0 Å². The van der Waals surface area contributed by atoms with Crippen molar-refractivity contribution in [2.75, 3.05) is 6.61 Å². The SMILES string of the molecule is O=C(NC(COc1ccccc1F)c1ccccc1)c1ccc(S(=O)(=O)C(F)F)cc1. The van der Waals surface area contributed by atoms with Gasteiger partial charge in [-0.1, -0.05) is 42.5 Å². The van der Waals surface area contributed by atoms with Crippen molar-refractivity contribution in [3.8, 4) is 5.75 Å². The van der Waals surface area contributed by atoms with E-state index in [2.05, 4.69) is 5.32 Å². The van der Waals surface area contributed by atoms with Crippen molar-refractivity contribution in [1.29, 1.82) is 0 Å². The Bertz CT molecular complexity index is 1140. The van der Waals surface area contributed by atoms with Crippen LogP contribution >= 0.6 is 0 Å². The van der Waals surface area contributed by atoms with Crippen LogP contribution < -0.4 is 10.1 Å². The van der Waals surface area contributed by atoms with Gasteiger partial charge in [-0.2, -0.15) is 8.78 Å². The molecule has 0 saturated carbocycles. The quantitative estimate of drug-likeness (QED) is 0.554. The molecule has 1 atom stereocenters. The molecule has 5 nitrogen and oxygen atoms in total. The molecule has 0 aliphatic heterocycles. The smallest absolute Gasteiger partial charge is 0.341 e. The zero-order chi connectivity index (χ0) is 22.4. The number of carbonyl (C=O) groups excluding carboxylic acids is 1. The maximum Gasteiger partial charge on any atom is 0.341 e.